The van der Waals surface area contributed by atoms with Gasteiger partial charge in [-0.05, 0) is 57.8 Å². The number of hydrogen-bond acceptors (Lipinski definition) is 4. The van der Waals surface area contributed by atoms with E-state index in [0.717, 1.165) is 23.5 Å². The molecule has 3 aromatic carbocycles. The molecule has 172 valence electrons. The summed E-state index contributed by atoms with van der Waals surface area (Å²) in [4.78, 5) is 0. The van der Waals surface area contributed by atoms with E-state index in [1.165, 1.54) is 22.3 Å². The van der Waals surface area contributed by atoms with Gasteiger partial charge in [0.15, 0.2) is 5.76 Å². The highest BCUT2D eigenvalue weighted by Gasteiger charge is 2.47. The maximum Gasteiger partial charge on any atom is 0.170 e. The van der Waals surface area contributed by atoms with Crippen molar-refractivity contribution in [3.05, 3.63) is 124 Å². The Morgan fingerprint density at radius 2 is 1.49 bits per heavy atom. The van der Waals surface area contributed by atoms with E-state index in [0.29, 0.717) is 25.6 Å². The van der Waals surface area contributed by atoms with Gasteiger partial charge >= 0.3 is 0 Å². The van der Waals surface area contributed by atoms with Crippen molar-refractivity contribution in [2.45, 2.75) is 17.6 Å². The van der Waals surface area contributed by atoms with Gasteiger partial charge in [0, 0.05) is 5.57 Å². The largest absolute Gasteiger partial charge is 0.486 e. The number of benzene rings is 3. The second kappa shape index (κ2) is 8.16. The fourth-order valence-corrected chi connectivity index (χ4v) is 5.27. The Hall–Kier alpha value is -3.78. The summed E-state index contributed by atoms with van der Waals surface area (Å²) in [6, 6.07) is 25.8. The van der Waals surface area contributed by atoms with Crippen LogP contribution < -0.4 is 4.74 Å². The van der Waals surface area contributed by atoms with Crippen LogP contribution in [0.25, 0.3) is 11.1 Å². The number of allylic oxidation sites excluding steroid dienone is 3. The monoisotopic (exact) mass is 460 g/mol. The van der Waals surface area contributed by atoms with E-state index in [2.05, 4.69) is 90.3 Å². The molecule has 0 N–H and O–H groups in total. The Bertz CT molecular complexity index is 1380. The fourth-order valence-electron chi connectivity index (χ4n) is 5.27. The summed E-state index contributed by atoms with van der Waals surface area (Å²) in [6.07, 6.45) is 4.46. The molecule has 0 radical (unpaired) electrons. The van der Waals surface area contributed by atoms with Gasteiger partial charge in [-0.2, -0.15) is 0 Å². The lowest BCUT2D eigenvalue weighted by atomic mass is 9.67. The molecule has 1 atom stereocenters. The highest BCUT2D eigenvalue weighted by Crippen LogP contribution is 2.56. The summed E-state index contributed by atoms with van der Waals surface area (Å²) in [5, 5.41) is 0. The Labute approximate surface area is 204 Å². The molecule has 7 rings (SSSR count). The number of fused-ring (bicyclic) bond motifs is 3. The normalized spacial score (nSPS) is 20.9. The zero-order valence-corrected chi connectivity index (χ0v) is 19.2. The van der Waals surface area contributed by atoms with Gasteiger partial charge in [0.05, 0.1) is 25.2 Å². The molecule has 2 heterocycles. The summed E-state index contributed by atoms with van der Waals surface area (Å²) in [6.45, 7) is 2.62. The van der Waals surface area contributed by atoms with Gasteiger partial charge in [-0.3, -0.25) is 0 Å². The van der Waals surface area contributed by atoms with Crippen molar-refractivity contribution in [3.63, 3.8) is 0 Å². The first-order chi connectivity index (χ1) is 17.3. The van der Waals surface area contributed by atoms with Crippen LogP contribution >= 0.6 is 0 Å². The van der Waals surface area contributed by atoms with Crippen LogP contribution in [0, 0.1) is 0 Å². The molecule has 0 saturated carbocycles. The summed E-state index contributed by atoms with van der Waals surface area (Å²) in [7, 11) is 0. The van der Waals surface area contributed by atoms with E-state index in [1.54, 1.807) is 0 Å². The predicted molar refractivity (Wildman–Crippen MR) is 132 cm³/mol. The van der Waals surface area contributed by atoms with Crippen LogP contribution in [-0.2, 0) is 19.6 Å². The molecule has 0 bridgehead atoms. The minimum Gasteiger partial charge on any atom is -0.486 e. The van der Waals surface area contributed by atoms with Crippen LogP contribution in [0.1, 0.15) is 16.7 Å². The SMILES string of the molecule is C1=C=C(C2(c3ccc(OC4COC4)cc3)c3ccccc3-c3ccccc32)C=CC=1OCC1CO1. The first-order valence-corrected chi connectivity index (χ1v) is 12.1. The van der Waals surface area contributed by atoms with Crippen LogP contribution in [-0.4, -0.2) is 38.6 Å². The van der Waals surface area contributed by atoms with Crippen molar-refractivity contribution in [1.82, 2.24) is 0 Å². The molecule has 4 nitrogen and oxygen atoms in total. The molecule has 4 aliphatic rings. The van der Waals surface area contributed by atoms with Gasteiger partial charge in [-0.1, -0.05) is 66.4 Å². The van der Waals surface area contributed by atoms with E-state index in [9.17, 15) is 0 Å². The van der Waals surface area contributed by atoms with Crippen LogP contribution in [0.3, 0.4) is 0 Å². The Morgan fingerprint density at radius 1 is 0.800 bits per heavy atom. The molecular weight excluding hydrogens is 436 g/mol. The van der Waals surface area contributed by atoms with Crippen molar-refractivity contribution >= 4 is 0 Å². The molecule has 2 fully saturated rings. The first kappa shape index (κ1) is 20.6. The Balaban J connectivity index is 1.40. The lowest BCUT2D eigenvalue weighted by Crippen LogP contribution is -2.38. The molecule has 3 aromatic rings. The minimum atomic E-state index is -0.514. The topological polar surface area (TPSA) is 40.2 Å². The molecule has 2 saturated heterocycles. The molecule has 2 aliphatic heterocycles. The zero-order valence-electron chi connectivity index (χ0n) is 19.2. The van der Waals surface area contributed by atoms with Crippen LogP contribution in [0.2, 0.25) is 0 Å². The third-order valence-corrected chi connectivity index (χ3v) is 7.10. The van der Waals surface area contributed by atoms with Gasteiger partial charge in [0.2, 0.25) is 0 Å². The van der Waals surface area contributed by atoms with E-state index in [1.807, 2.05) is 6.08 Å². The molecule has 0 amide bonds. The maximum atomic E-state index is 6.05. The highest BCUT2D eigenvalue weighted by molar-refractivity contribution is 5.86. The maximum absolute atomic E-state index is 6.05. The number of epoxide rings is 1. The number of ether oxygens (including phenoxy) is 4. The fraction of sp³-hybridized carbons (Fsp3) is 0.226. The average Bonchev–Trinajstić information content (AvgIpc) is 3.67. The predicted octanol–water partition coefficient (Wildman–Crippen LogP) is 5.33. The zero-order chi connectivity index (χ0) is 23.2. The van der Waals surface area contributed by atoms with Crippen molar-refractivity contribution in [2.75, 3.05) is 26.4 Å². The molecule has 0 spiro atoms. The molecule has 0 aromatic heterocycles. The van der Waals surface area contributed by atoms with Crippen molar-refractivity contribution in [1.29, 1.82) is 0 Å². The van der Waals surface area contributed by atoms with E-state index in [-0.39, 0.29) is 12.2 Å². The smallest absolute Gasteiger partial charge is 0.170 e. The third-order valence-electron chi connectivity index (χ3n) is 7.10. The van der Waals surface area contributed by atoms with E-state index < -0.39 is 5.41 Å². The Kier molecular flexibility index (Phi) is 4.80. The molecule has 35 heavy (non-hydrogen) atoms. The molecule has 4 heteroatoms. The van der Waals surface area contributed by atoms with Crippen LogP contribution in [0.4, 0.5) is 0 Å². The minimum absolute atomic E-state index is 0.138. The summed E-state index contributed by atoms with van der Waals surface area (Å²) in [5.41, 5.74) is 13.4. The lowest BCUT2D eigenvalue weighted by Gasteiger charge is -2.34. The highest BCUT2D eigenvalue weighted by atomic mass is 16.6. The average molecular weight is 461 g/mol. The summed E-state index contributed by atoms with van der Waals surface area (Å²) in [5.74, 6) is 1.55. The summed E-state index contributed by atoms with van der Waals surface area (Å²) >= 11 is 0. The van der Waals surface area contributed by atoms with Gasteiger partial charge in [0.25, 0.3) is 0 Å². The van der Waals surface area contributed by atoms with Crippen molar-refractivity contribution < 1.29 is 18.9 Å². The molecule has 1 unspecified atom stereocenters. The lowest BCUT2D eigenvalue weighted by molar-refractivity contribution is -0.0796. The van der Waals surface area contributed by atoms with E-state index >= 15 is 0 Å². The van der Waals surface area contributed by atoms with Gasteiger partial charge in [-0.15, -0.1) is 0 Å². The standard InChI is InChI=1S/C31H24O4/c1-3-7-29-27(5-1)28-6-2-4-8-30(28)31(29,21-9-13-23(14-10-21)33-19-25-20-34-25)22-11-15-24(16-12-22)35-26-17-32-18-26/h1-9,11-13,15-16,25-26H,17-20H2. The third kappa shape index (κ3) is 3.39. The van der Waals surface area contributed by atoms with E-state index in [4.69, 9.17) is 18.9 Å². The molecule has 2 aliphatic carbocycles. The molecular formula is C31H24O4. The van der Waals surface area contributed by atoms with Crippen LogP contribution in [0.15, 0.2) is 108 Å². The van der Waals surface area contributed by atoms with Gasteiger partial charge in [0.1, 0.15) is 24.6 Å². The number of hydrogen-bond donors (Lipinski definition) is 0. The number of rotatable bonds is 7. The van der Waals surface area contributed by atoms with Crippen molar-refractivity contribution in [3.8, 4) is 16.9 Å². The van der Waals surface area contributed by atoms with Crippen LogP contribution in [0.5, 0.6) is 5.75 Å². The van der Waals surface area contributed by atoms with Crippen molar-refractivity contribution in [2.24, 2.45) is 0 Å². The second-order valence-electron chi connectivity index (χ2n) is 9.27. The first-order valence-electron chi connectivity index (χ1n) is 12.1. The van der Waals surface area contributed by atoms with Gasteiger partial charge in [-0.25, -0.2) is 0 Å². The second-order valence-corrected chi connectivity index (χ2v) is 9.27. The Morgan fingerprint density at radius 3 is 2.06 bits per heavy atom. The quantitative estimate of drug-likeness (QED) is 0.353. The van der Waals surface area contributed by atoms with Gasteiger partial charge < -0.3 is 18.9 Å². The summed E-state index contributed by atoms with van der Waals surface area (Å²) < 4.78 is 22.4.